The number of carbonyl (C=O) groups excluding carboxylic acids is 1. The van der Waals surface area contributed by atoms with Crippen molar-refractivity contribution in [1.82, 2.24) is 4.90 Å². The van der Waals surface area contributed by atoms with Crippen molar-refractivity contribution in [3.63, 3.8) is 0 Å². The van der Waals surface area contributed by atoms with Gasteiger partial charge in [-0.2, -0.15) is 0 Å². The van der Waals surface area contributed by atoms with Crippen molar-refractivity contribution >= 4 is 5.78 Å². The van der Waals surface area contributed by atoms with E-state index in [0.29, 0.717) is 0 Å². The van der Waals surface area contributed by atoms with Crippen LogP contribution in [0.5, 0.6) is 0 Å². The smallest absolute Gasteiger partial charge is 0.251 e. The van der Waals surface area contributed by atoms with Gasteiger partial charge in [-0.25, -0.2) is 8.78 Å². The molecule has 0 saturated carbocycles. The summed E-state index contributed by atoms with van der Waals surface area (Å²) >= 11 is 0. The van der Waals surface area contributed by atoms with E-state index in [-0.39, 0.29) is 18.9 Å². The summed E-state index contributed by atoms with van der Waals surface area (Å²) in [5.41, 5.74) is 0. The number of aliphatic hydroxyl groups excluding tert-OH is 1. The molecule has 0 aromatic rings. The van der Waals surface area contributed by atoms with Crippen LogP contribution in [0, 0.1) is 0 Å². The lowest BCUT2D eigenvalue weighted by atomic mass is 10.2. The summed E-state index contributed by atoms with van der Waals surface area (Å²) < 4.78 is 24.0. The van der Waals surface area contributed by atoms with Gasteiger partial charge in [-0.1, -0.05) is 0 Å². The summed E-state index contributed by atoms with van der Waals surface area (Å²) in [6, 6.07) is -0.554. The summed E-state index contributed by atoms with van der Waals surface area (Å²) in [6.07, 6.45) is -2.48. The zero-order valence-corrected chi connectivity index (χ0v) is 7.83. The molecule has 13 heavy (non-hydrogen) atoms. The van der Waals surface area contributed by atoms with Gasteiger partial charge < -0.3 is 5.11 Å². The van der Waals surface area contributed by atoms with Crippen molar-refractivity contribution in [2.45, 2.75) is 26.3 Å². The molecular formula is C8H15F2NO2. The molecule has 0 heterocycles. The molecule has 78 valence electrons. The van der Waals surface area contributed by atoms with Gasteiger partial charge in [0.1, 0.15) is 5.78 Å². The van der Waals surface area contributed by atoms with Gasteiger partial charge in [0.05, 0.1) is 19.2 Å². The zero-order valence-electron chi connectivity index (χ0n) is 7.83. The Hall–Kier alpha value is -0.550. The maximum Gasteiger partial charge on any atom is 0.251 e. The number of aliphatic hydroxyl groups is 1. The van der Waals surface area contributed by atoms with Gasteiger partial charge in [-0.15, -0.1) is 0 Å². The monoisotopic (exact) mass is 195 g/mol. The molecule has 0 rings (SSSR count). The maximum absolute atomic E-state index is 12.0. The lowest BCUT2D eigenvalue weighted by Crippen LogP contribution is -2.42. The van der Waals surface area contributed by atoms with E-state index in [4.69, 9.17) is 5.11 Å². The standard InChI is InChI=1S/C8H15F2NO2/c1-6(7(2)13)11(3-4-12)5-8(9)10/h6,8,12H,3-5H2,1-2H3. The minimum atomic E-state index is -2.48. The molecule has 0 aliphatic carbocycles. The Morgan fingerprint density at radius 3 is 2.38 bits per heavy atom. The van der Waals surface area contributed by atoms with E-state index in [9.17, 15) is 13.6 Å². The average Bonchev–Trinajstić information content (AvgIpc) is 2.01. The Bertz CT molecular complexity index is 164. The van der Waals surface area contributed by atoms with E-state index in [1.54, 1.807) is 6.92 Å². The number of nitrogens with zero attached hydrogens (tertiary/aromatic N) is 1. The summed E-state index contributed by atoms with van der Waals surface area (Å²) in [4.78, 5) is 12.1. The fourth-order valence-corrected chi connectivity index (χ4v) is 1.01. The van der Waals surface area contributed by atoms with Crippen LogP contribution in [0.2, 0.25) is 0 Å². The first-order valence-corrected chi connectivity index (χ1v) is 4.12. The van der Waals surface area contributed by atoms with E-state index >= 15 is 0 Å². The fourth-order valence-electron chi connectivity index (χ4n) is 1.01. The van der Waals surface area contributed by atoms with Crippen LogP contribution in [-0.4, -0.2) is 48.0 Å². The van der Waals surface area contributed by atoms with Crippen LogP contribution in [0.1, 0.15) is 13.8 Å². The van der Waals surface area contributed by atoms with Gasteiger partial charge >= 0.3 is 0 Å². The molecule has 0 amide bonds. The quantitative estimate of drug-likeness (QED) is 0.671. The van der Waals surface area contributed by atoms with Crippen LogP contribution >= 0.6 is 0 Å². The highest BCUT2D eigenvalue weighted by Crippen LogP contribution is 2.04. The second-order valence-electron chi connectivity index (χ2n) is 2.90. The fraction of sp³-hybridized carbons (Fsp3) is 0.875. The minimum absolute atomic E-state index is 0.102. The first kappa shape index (κ1) is 12.4. The number of hydrogen-bond donors (Lipinski definition) is 1. The van der Waals surface area contributed by atoms with Gasteiger partial charge in [-0.3, -0.25) is 9.69 Å². The molecule has 0 aliphatic heterocycles. The van der Waals surface area contributed by atoms with Crippen LogP contribution in [0.25, 0.3) is 0 Å². The van der Waals surface area contributed by atoms with Gasteiger partial charge in [0, 0.05) is 6.54 Å². The number of alkyl halides is 2. The van der Waals surface area contributed by atoms with E-state index < -0.39 is 19.0 Å². The Labute approximate surface area is 76.3 Å². The summed E-state index contributed by atoms with van der Waals surface area (Å²) in [7, 11) is 0. The highest BCUT2D eigenvalue weighted by Gasteiger charge is 2.20. The van der Waals surface area contributed by atoms with Gasteiger partial charge in [0.2, 0.25) is 0 Å². The number of hydrogen-bond acceptors (Lipinski definition) is 3. The molecule has 3 nitrogen and oxygen atoms in total. The molecule has 0 aliphatic rings. The molecule has 0 aromatic heterocycles. The molecule has 1 atom stereocenters. The molecule has 0 aromatic carbocycles. The maximum atomic E-state index is 12.0. The zero-order chi connectivity index (χ0) is 10.4. The predicted octanol–water partition coefficient (Wildman–Crippen LogP) is 0.523. The van der Waals surface area contributed by atoms with E-state index in [1.165, 1.54) is 11.8 Å². The lowest BCUT2D eigenvalue weighted by molar-refractivity contribution is -0.122. The van der Waals surface area contributed by atoms with Crippen LogP contribution in [0.4, 0.5) is 8.78 Å². The van der Waals surface area contributed by atoms with Crippen LogP contribution in [0.3, 0.4) is 0 Å². The third kappa shape index (κ3) is 4.90. The van der Waals surface area contributed by atoms with Crippen molar-refractivity contribution in [2.75, 3.05) is 19.7 Å². The van der Waals surface area contributed by atoms with Crippen molar-refractivity contribution in [1.29, 1.82) is 0 Å². The molecule has 0 spiro atoms. The largest absolute Gasteiger partial charge is 0.395 e. The molecule has 1 N–H and O–H groups in total. The predicted molar refractivity (Wildman–Crippen MR) is 44.8 cm³/mol. The normalized spacial score (nSPS) is 13.8. The number of rotatable bonds is 6. The molecule has 0 saturated heterocycles. The minimum Gasteiger partial charge on any atom is -0.395 e. The number of carbonyl (C=O) groups is 1. The van der Waals surface area contributed by atoms with Gasteiger partial charge in [0.25, 0.3) is 6.43 Å². The second-order valence-corrected chi connectivity index (χ2v) is 2.90. The van der Waals surface area contributed by atoms with E-state index in [1.807, 2.05) is 0 Å². The Morgan fingerprint density at radius 1 is 1.54 bits per heavy atom. The lowest BCUT2D eigenvalue weighted by Gasteiger charge is -2.25. The summed E-state index contributed by atoms with van der Waals surface area (Å²) in [5.74, 6) is -0.172. The van der Waals surface area contributed by atoms with Crippen molar-refractivity contribution in [3.05, 3.63) is 0 Å². The molecule has 5 heteroatoms. The van der Waals surface area contributed by atoms with E-state index in [2.05, 4.69) is 0 Å². The first-order valence-electron chi connectivity index (χ1n) is 4.12. The molecule has 0 radical (unpaired) electrons. The summed E-state index contributed by atoms with van der Waals surface area (Å²) in [6.45, 7) is 2.32. The average molecular weight is 195 g/mol. The van der Waals surface area contributed by atoms with Gasteiger partial charge in [0.15, 0.2) is 0 Å². The highest BCUT2D eigenvalue weighted by atomic mass is 19.3. The molecule has 1 unspecified atom stereocenters. The highest BCUT2D eigenvalue weighted by molar-refractivity contribution is 5.80. The summed E-state index contributed by atoms with van der Waals surface area (Å²) in [5, 5.41) is 8.58. The van der Waals surface area contributed by atoms with Crippen molar-refractivity contribution < 1.29 is 18.7 Å². The number of ketones is 1. The Morgan fingerprint density at radius 2 is 2.08 bits per heavy atom. The Kier molecular flexibility index (Phi) is 5.73. The van der Waals surface area contributed by atoms with Crippen LogP contribution < -0.4 is 0 Å². The first-order chi connectivity index (χ1) is 5.99. The van der Waals surface area contributed by atoms with Crippen LogP contribution in [0.15, 0.2) is 0 Å². The molecular weight excluding hydrogens is 180 g/mol. The Balaban J connectivity index is 4.14. The van der Waals surface area contributed by atoms with Gasteiger partial charge in [-0.05, 0) is 13.8 Å². The van der Waals surface area contributed by atoms with Crippen LogP contribution in [-0.2, 0) is 4.79 Å². The number of halogens is 2. The third-order valence-corrected chi connectivity index (χ3v) is 1.90. The van der Waals surface area contributed by atoms with E-state index in [0.717, 1.165) is 0 Å². The van der Waals surface area contributed by atoms with Crippen molar-refractivity contribution in [2.24, 2.45) is 0 Å². The SMILES string of the molecule is CC(=O)C(C)N(CCO)CC(F)F. The van der Waals surface area contributed by atoms with Crippen molar-refractivity contribution in [3.8, 4) is 0 Å². The third-order valence-electron chi connectivity index (χ3n) is 1.90. The molecule has 0 fully saturated rings. The number of Topliss-reactive ketones (excluding diaryl/α,β-unsaturated/α-hetero) is 1. The topological polar surface area (TPSA) is 40.5 Å². The second kappa shape index (κ2) is 5.99. The molecule has 0 bridgehead atoms.